The Hall–Kier alpha value is -4.34. The van der Waals surface area contributed by atoms with E-state index in [0.29, 0.717) is 24.4 Å². The van der Waals surface area contributed by atoms with Crippen LogP contribution < -0.4 is 11.1 Å². The van der Waals surface area contributed by atoms with Gasteiger partial charge in [-0.15, -0.1) is 0 Å². The maximum absolute atomic E-state index is 13.2. The SMILES string of the molecule is Nc1nc2cc(-c3cc[nH]n3)ccc2c2cn(CCNC(=O)c3cccc(F)n3)nc12. The maximum Gasteiger partial charge on any atom is 0.270 e. The third-order valence-corrected chi connectivity index (χ3v) is 4.90. The van der Waals surface area contributed by atoms with E-state index in [-0.39, 0.29) is 5.69 Å². The second kappa shape index (κ2) is 7.48. The number of nitrogens with zero attached hydrogens (tertiary/aromatic N) is 5. The number of aromatic nitrogens is 6. The lowest BCUT2D eigenvalue weighted by Crippen LogP contribution is -2.28. The quantitative estimate of drug-likeness (QED) is 0.378. The van der Waals surface area contributed by atoms with Crippen LogP contribution in [-0.2, 0) is 6.54 Å². The van der Waals surface area contributed by atoms with Crippen molar-refractivity contribution in [1.29, 1.82) is 0 Å². The second-order valence-corrected chi connectivity index (χ2v) is 6.94. The molecule has 0 unspecified atom stereocenters. The zero-order valence-corrected chi connectivity index (χ0v) is 16.2. The van der Waals surface area contributed by atoms with Crippen molar-refractivity contribution in [1.82, 2.24) is 35.3 Å². The van der Waals surface area contributed by atoms with Gasteiger partial charge < -0.3 is 11.1 Å². The smallest absolute Gasteiger partial charge is 0.270 e. The molecule has 0 aliphatic rings. The van der Waals surface area contributed by atoms with Crippen LogP contribution in [0.2, 0.25) is 0 Å². The standard InChI is InChI=1S/C21H17FN8O/c22-18-3-1-2-16(26-18)21(31)24-8-9-30-11-14-13-5-4-12(15-6-7-25-28-15)10-17(13)27-20(23)19(14)29-30/h1-7,10-11H,8-9H2,(H2,23,27)(H,24,31)(H,25,28). The van der Waals surface area contributed by atoms with Gasteiger partial charge in [0.2, 0.25) is 5.95 Å². The molecule has 5 aromatic rings. The van der Waals surface area contributed by atoms with Gasteiger partial charge in [-0.25, -0.2) is 9.97 Å². The first-order chi connectivity index (χ1) is 15.1. The van der Waals surface area contributed by atoms with Gasteiger partial charge in [-0.1, -0.05) is 18.2 Å². The van der Waals surface area contributed by atoms with E-state index in [9.17, 15) is 9.18 Å². The molecule has 0 atom stereocenters. The van der Waals surface area contributed by atoms with Crippen LogP contribution in [0.4, 0.5) is 10.2 Å². The molecule has 4 heterocycles. The van der Waals surface area contributed by atoms with E-state index in [0.717, 1.165) is 27.5 Å². The van der Waals surface area contributed by atoms with Crippen LogP contribution in [-0.4, -0.2) is 42.4 Å². The van der Waals surface area contributed by atoms with E-state index in [2.05, 4.69) is 30.6 Å². The normalized spacial score (nSPS) is 11.3. The lowest BCUT2D eigenvalue weighted by Gasteiger charge is -2.04. The van der Waals surface area contributed by atoms with Gasteiger partial charge in [0.05, 0.1) is 17.8 Å². The van der Waals surface area contributed by atoms with E-state index >= 15 is 0 Å². The van der Waals surface area contributed by atoms with Gasteiger partial charge in [0.25, 0.3) is 5.91 Å². The van der Waals surface area contributed by atoms with E-state index in [1.165, 1.54) is 18.2 Å². The lowest BCUT2D eigenvalue weighted by atomic mass is 10.1. The zero-order chi connectivity index (χ0) is 21.4. The number of nitrogens with one attached hydrogen (secondary N) is 2. The largest absolute Gasteiger partial charge is 0.382 e. The topological polar surface area (TPSA) is 127 Å². The van der Waals surface area contributed by atoms with Crippen molar-refractivity contribution >= 4 is 33.5 Å². The molecule has 0 aliphatic heterocycles. The molecule has 0 fully saturated rings. The zero-order valence-electron chi connectivity index (χ0n) is 16.2. The number of nitrogen functional groups attached to an aromatic ring is 1. The highest BCUT2D eigenvalue weighted by molar-refractivity contribution is 6.08. The van der Waals surface area contributed by atoms with Gasteiger partial charge in [-0.05, 0) is 24.3 Å². The predicted octanol–water partition coefficient (Wildman–Crippen LogP) is 2.52. The molecule has 5 rings (SSSR count). The van der Waals surface area contributed by atoms with Crippen LogP contribution in [0.3, 0.4) is 0 Å². The van der Waals surface area contributed by atoms with Crippen molar-refractivity contribution in [3.05, 3.63) is 66.5 Å². The van der Waals surface area contributed by atoms with E-state index in [1.807, 2.05) is 30.5 Å². The summed E-state index contributed by atoms with van der Waals surface area (Å²) in [5.74, 6) is -0.821. The number of hydrogen-bond acceptors (Lipinski definition) is 6. The number of carbonyl (C=O) groups is 1. The summed E-state index contributed by atoms with van der Waals surface area (Å²) in [5.41, 5.74) is 9.27. The molecule has 0 aliphatic carbocycles. The molecule has 154 valence electrons. The van der Waals surface area contributed by atoms with Crippen LogP contribution in [0, 0.1) is 5.95 Å². The Morgan fingerprint density at radius 3 is 2.87 bits per heavy atom. The number of anilines is 1. The number of aromatic amines is 1. The van der Waals surface area contributed by atoms with Gasteiger partial charge in [-0.3, -0.25) is 14.6 Å². The molecule has 9 nitrogen and oxygen atoms in total. The first kappa shape index (κ1) is 18.7. The van der Waals surface area contributed by atoms with Crippen molar-refractivity contribution in [3.63, 3.8) is 0 Å². The number of H-pyrrole nitrogens is 1. The number of benzene rings is 1. The molecule has 31 heavy (non-hydrogen) atoms. The Kier molecular flexibility index (Phi) is 4.51. The average Bonchev–Trinajstić information content (AvgIpc) is 3.44. The predicted molar refractivity (Wildman–Crippen MR) is 114 cm³/mol. The highest BCUT2D eigenvalue weighted by Crippen LogP contribution is 2.29. The third kappa shape index (κ3) is 3.54. The molecule has 10 heteroatoms. The van der Waals surface area contributed by atoms with Crippen LogP contribution in [0.15, 0.2) is 54.9 Å². The molecule has 0 radical (unpaired) electrons. The average molecular weight is 416 g/mol. The number of amides is 1. The Labute approximate surface area is 175 Å². The summed E-state index contributed by atoms with van der Waals surface area (Å²) < 4.78 is 14.9. The Bertz CT molecular complexity index is 1410. The number of hydrogen-bond donors (Lipinski definition) is 3. The van der Waals surface area contributed by atoms with Crippen LogP contribution in [0.1, 0.15) is 10.5 Å². The van der Waals surface area contributed by atoms with Crippen molar-refractivity contribution in [3.8, 4) is 11.3 Å². The number of pyridine rings is 2. The summed E-state index contributed by atoms with van der Waals surface area (Å²) >= 11 is 0. The van der Waals surface area contributed by atoms with Crippen LogP contribution >= 0.6 is 0 Å². The molecule has 1 aromatic carbocycles. The number of carbonyl (C=O) groups excluding carboxylic acids is 1. The molecule has 4 N–H and O–H groups in total. The fourth-order valence-electron chi connectivity index (χ4n) is 3.45. The molecule has 4 aromatic heterocycles. The minimum absolute atomic E-state index is 0.0257. The summed E-state index contributed by atoms with van der Waals surface area (Å²) in [6.45, 7) is 0.696. The van der Waals surface area contributed by atoms with Gasteiger partial charge in [0.15, 0.2) is 5.82 Å². The van der Waals surface area contributed by atoms with E-state index < -0.39 is 11.9 Å². The summed E-state index contributed by atoms with van der Waals surface area (Å²) in [4.78, 5) is 20.2. The highest BCUT2D eigenvalue weighted by atomic mass is 19.1. The second-order valence-electron chi connectivity index (χ2n) is 6.94. The van der Waals surface area contributed by atoms with Gasteiger partial charge in [-0.2, -0.15) is 14.6 Å². The van der Waals surface area contributed by atoms with Crippen LogP contribution in [0.5, 0.6) is 0 Å². The van der Waals surface area contributed by atoms with Crippen LogP contribution in [0.25, 0.3) is 33.1 Å². The van der Waals surface area contributed by atoms with E-state index in [1.54, 1.807) is 10.9 Å². The molecule has 0 saturated carbocycles. The van der Waals surface area contributed by atoms with E-state index in [4.69, 9.17) is 5.73 Å². The minimum atomic E-state index is -0.698. The first-order valence-corrected chi connectivity index (χ1v) is 9.56. The molecule has 0 bridgehead atoms. The molecular formula is C21H17FN8O. The van der Waals surface area contributed by atoms with Crippen molar-refractivity contribution in [2.45, 2.75) is 6.54 Å². The Balaban J connectivity index is 1.38. The molecule has 0 spiro atoms. The Morgan fingerprint density at radius 2 is 2.06 bits per heavy atom. The molecule has 1 amide bonds. The number of rotatable bonds is 5. The monoisotopic (exact) mass is 416 g/mol. The van der Waals surface area contributed by atoms with Gasteiger partial charge in [0, 0.05) is 35.3 Å². The molecular weight excluding hydrogens is 399 g/mol. The van der Waals surface area contributed by atoms with Crippen molar-refractivity contribution < 1.29 is 9.18 Å². The summed E-state index contributed by atoms with van der Waals surface area (Å²) in [5, 5.41) is 16.0. The highest BCUT2D eigenvalue weighted by Gasteiger charge is 2.13. The third-order valence-electron chi connectivity index (χ3n) is 4.90. The van der Waals surface area contributed by atoms with Crippen molar-refractivity contribution in [2.75, 3.05) is 12.3 Å². The van der Waals surface area contributed by atoms with Crippen molar-refractivity contribution in [2.24, 2.45) is 0 Å². The summed E-state index contributed by atoms with van der Waals surface area (Å²) in [6, 6.07) is 11.8. The first-order valence-electron chi connectivity index (χ1n) is 9.56. The fraction of sp³-hybridized carbons (Fsp3) is 0.0952. The summed E-state index contributed by atoms with van der Waals surface area (Å²) in [6.07, 6.45) is 3.63. The van der Waals surface area contributed by atoms with Gasteiger partial charge >= 0.3 is 0 Å². The fourth-order valence-corrected chi connectivity index (χ4v) is 3.45. The van der Waals surface area contributed by atoms with Gasteiger partial charge in [0.1, 0.15) is 11.2 Å². The number of halogens is 1. The Morgan fingerprint density at radius 1 is 1.16 bits per heavy atom. The minimum Gasteiger partial charge on any atom is -0.382 e. The number of nitrogens with two attached hydrogens (primary N) is 1. The number of fused-ring (bicyclic) bond motifs is 3. The summed E-state index contributed by atoms with van der Waals surface area (Å²) in [7, 11) is 0. The lowest BCUT2D eigenvalue weighted by molar-refractivity contribution is 0.0946. The maximum atomic E-state index is 13.2. The molecule has 0 saturated heterocycles.